The Labute approximate surface area is 153 Å². The van der Waals surface area contributed by atoms with Crippen LogP contribution in [0, 0.1) is 5.92 Å². The van der Waals surface area contributed by atoms with Gasteiger partial charge in [0, 0.05) is 12.1 Å². The maximum Gasteiger partial charge on any atom is 0.237 e. The number of rotatable bonds is 7. The first-order chi connectivity index (χ1) is 11.9. The number of carbonyl (C=O) groups excluding carboxylic acids is 1. The van der Waals surface area contributed by atoms with Crippen molar-refractivity contribution in [2.45, 2.75) is 52.1 Å². The van der Waals surface area contributed by atoms with E-state index in [1.165, 1.54) is 24.8 Å². The molecule has 1 aliphatic heterocycles. The summed E-state index contributed by atoms with van der Waals surface area (Å²) in [6.45, 7) is 10.8. The van der Waals surface area contributed by atoms with Crippen molar-refractivity contribution >= 4 is 5.91 Å². The molecule has 1 amide bonds. The van der Waals surface area contributed by atoms with Crippen LogP contribution in [0.2, 0.25) is 0 Å². The van der Waals surface area contributed by atoms with E-state index in [0.717, 1.165) is 25.6 Å². The summed E-state index contributed by atoms with van der Waals surface area (Å²) in [5, 5.41) is 3.24. The Morgan fingerprint density at radius 2 is 1.84 bits per heavy atom. The summed E-state index contributed by atoms with van der Waals surface area (Å²) < 4.78 is 0. The lowest BCUT2D eigenvalue weighted by Gasteiger charge is -2.38. The Balaban J connectivity index is 1.90. The standard InChI is InChI=1S/C21H35N3O/c1-21(2,3)24(16-19-8-6-5-7-9-19)20(25)17-23-14-11-18(12-15-23)10-13-22-4/h5-9,18,22H,10-17H2,1-4H3. The largest absolute Gasteiger partial charge is 0.332 e. The first kappa shape index (κ1) is 19.9. The number of amides is 1. The highest BCUT2D eigenvalue weighted by molar-refractivity contribution is 5.79. The monoisotopic (exact) mass is 345 g/mol. The normalized spacial score (nSPS) is 16.8. The summed E-state index contributed by atoms with van der Waals surface area (Å²) in [6, 6.07) is 10.3. The fourth-order valence-corrected chi connectivity index (χ4v) is 3.52. The van der Waals surface area contributed by atoms with E-state index in [9.17, 15) is 4.79 Å². The summed E-state index contributed by atoms with van der Waals surface area (Å²) in [5.74, 6) is 1.05. The number of nitrogens with one attached hydrogen (secondary N) is 1. The number of piperidine rings is 1. The average Bonchev–Trinajstić information content (AvgIpc) is 2.59. The van der Waals surface area contributed by atoms with Crippen LogP contribution < -0.4 is 5.32 Å². The molecule has 0 radical (unpaired) electrons. The van der Waals surface area contributed by atoms with E-state index in [1.54, 1.807) is 0 Å². The minimum absolute atomic E-state index is 0.169. The van der Waals surface area contributed by atoms with Gasteiger partial charge in [0.1, 0.15) is 0 Å². The molecule has 0 aromatic heterocycles. The summed E-state index contributed by atoms with van der Waals surface area (Å²) >= 11 is 0. The number of benzene rings is 1. The van der Waals surface area contributed by atoms with Crippen molar-refractivity contribution in [2.75, 3.05) is 33.2 Å². The molecule has 0 aliphatic carbocycles. The molecule has 1 aromatic carbocycles. The van der Waals surface area contributed by atoms with Crippen LogP contribution in [0.25, 0.3) is 0 Å². The lowest BCUT2D eigenvalue weighted by molar-refractivity contribution is -0.138. The lowest BCUT2D eigenvalue weighted by atomic mass is 9.93. The van der Waals surface area contributed by atoms with Gasteiger partial charge in [-0.05, 0) is 78.2 Å². The third-order valence-electron chi connectivity index (χ3n) is 5.16. The Bertz CT molecular complexity index is 516. The summed E-state index contributed by atoms with van der Waals surface area (Å²) in [7, 11) is 2.02. The minimum Gasteiger partial charge on any atom is -0.332 e. The van der Waals surface area contributed by atoms with Crippen molar-refractivity contribution in [3.63, 3.8) is 0 Å². The Kier molecular flexibility index (Phi) is 7.45. The van der Waals surface area contributed by atoms with Crippen LogP contribution >= 0.6 is 0 Å². The van der Waals surface area contributed by atoms with Crippen LogP contribution in [0.15, 0.2) is 30.3 Å². The smallest absolute Gasteiger partial charge is 0.237 e. The molecule has 2 rings (SSSR count). The summed E-state index contributed by atoms with van der Waals surface area (Å²) in [5.41, 5.74) is 1.02. The van der Waals surface area contributed by atoms with Crippen molar-refractivity contribution in [3.8, 4) is 0 Å². The zero-order valence-corrected chi connectivity index (χ0v) is 16.4. The van der Waals surface area contributed by atoms with Gasteiger partial charge < -0.3 is 10.2 Å². The molecule has 1 aromatic rings. The van der Waals surface area contributed by atoms with Crippen molar-refractivity contribution in [2.24, 2.45) is 5.92 Å². The van der Waals surface area contributed by atoms with Gasteiger partial charge in [-0.25, -0.2) is 0 Å². The van der Waals surface area contributed by atoms with Gasteiger partial charge in [-0.3, -0.25) is 9.69 Å². The highest BCUT2D eigenvalue weighted by Crippen LogP contribution is 2.22. The predicted octanol–water partition coefficient (Wildman–Crippen LogP) is 3.14. The second kappa shape index (κ2) is 9.35. The van der Waals surface area contributed by atoms with Gasteiger partial charge in [0.05, 0.1) is 6.54 Å². The fraction of sp³-hybridized carbons (Fsp3) is 0.667. The third kappa shape index (κ3) is 6.44. The number of hydrogen-bond donors (Lipinski definition) is 1. The third-order valence-corrected chi connectivity index (χ3v) is 5.16. The number of carbonyl (C=O) groups is 1. The van der Waals surface area contributed by atoms with Gasteiger partial charge in [-0.2, -0.15) is 0 Å². The van der Waals surface area contributed by atoms with Gasteiger partial charge in [0.15, 0.2) is 0 Å². The van der Waals surface area contributed by atoms with Gasteiger partial charge in [-0.15, -0.1) is 0 Å². The van der Waals surface area contributed by atoms with Gasteiger partial charge in [0.2, 0.25) is 5.91 Å². The molecule has 1 heterocycles. The molecule has 140 valence electrons. The van der Waals surface area contributed by atoms with E-state index < -0.39 is 0 Å². The highest BCUT2D eigenvalue weighted by Gasteiger charge is 2.29. The quantitative estimate of drug-likeness (QED) is 0.825. The zero-order valence-electron chi connectivity index (χ0n) is 16.4. The Morgan fingerprint density at radius 3 is 2.40 bits per heavy atom. The minimum atomic E-state index is -0.169. The first-order valence-corrected chi connectivity index (χ1v) is 9.61. The second-order valence-corrected chi connectivity index (χ2v) is 8.25. The molecule has 0 saturated carbocycles. The molecule has 1 aliphatic rings. The molecule has 0 unspecified atom stereocenters. The van der Waals surface area contributed by atoms with Crippen LogP contribution in [-0.4, -0.2) is 54.5 Å². The van der Waals surface area contributed by atoms with Crippen LogP contribution in [-0.2, 0) is 11.3 Å². The van der Waals surface area contributed by atoms with Crippen molar-refractivity contribution in [1.82, 2.24) is 15.1 Å². The maximum absolute atomic E-state index is 13.0. The van der Waals surface area contributed by atoms with Crippen molar-refractivity contribution in [3.05, 3.63) is 35.9 Å². The molecule has 4 nitrogen and oxygen atoms in total. The van der Waals surface area contributed by atoms with E-state index in [2.05, 4.69) is 43.1 Å². The Hall–Kier alpha value is -1.39. The van der Waals surface area contributed by atoms with Gasteiger partial charge >= 0.3 is 0 Å². The van der Waals surface area contributed by atoms with Crippen molar-refractivity contribution in [1.29, 1.82) is 0 Å². The summed E-state index contributed by atoms with van der Waals surface area (Å²) in [6.07, 6.45) is 3.67. The number of hydrogen-bond acceptors (Lipinski definition) is 3. The molecule has 0 spiro atoms. The van der Waals surface area contributed by atoms with Crippen LogP contribution in [0.4, 0.5) is 0 Å². The topological polar surface area (TPSA) is 35.6 Å². The Morgan fingerprint density at radius 1 is 1.20 bits per heavy atom. The zero-order chi connectivity index (χ0) is 18.3. The second-order valence-electron chi connectivity index (χ2n) is 8.25. The fourth-order valence-electron chi connectivity index (χ4n) is 3.52. The van der Waals surface area contributed by atoms with E-state index in [4.69, 9.17) is 0 Å². The average molecular weight is 346 g/mol. The first-order valence-electron chi connectivity index (χ1n) is 9.61. The molecule has 4 heteroatoms. The molecule has 1 saturated heterocycles. The predicted molar refractivity (Wildman–Crippen MR) is 104 cm³/mol. The molecular weight excluding hydrogens is 310 g/mol. The number of likely N-dealkylation sites (tertiary alicyclic amines) is 1. The molecule has 0 atom stereocenters. The molecular formula is C21H35N3O. The highest BCUT2D eigenvalue weighted by atomic mass is 16.2. The van der Waals surface area contributed by atoms with Gasteiger partial charge in [-0.1, -0.05) is 30.3 Å². The van der Waals surface area contributed by atoms with Crippen molar-refractivity contribution < 1.29 is 4.79 Å². The molecule has 0 bridgehead atoms. The van der Waals surface area contributed by atoms with E-state index in [-0.39, 0.29) is 11.4 Å². The van der Waals surface area contributed by atoms with E-state index >= 15 is 0 Å². The number of nitrogens with zero attached hydrogens (tertiary/aromatic N) is 2. The molecule has 1 fully saturated rings. The summed E-state index contributed by atoms with van der Waals surface area (Å²) in [4.78, 5) is 17.3. The lowest BCUT2D eigenvalue weighted by Crippen LogP contribution is -2.50. The molecule has 25 heavy (non-hydrogen) atoms. The SMILES string of the molecule is CNCCC1CCN(CC(=O)N(Cc2ccccc2)C(C)(C)C)CC1. The van der Waals surface area contributed by atoms with Crippen LogP contribution in [0.3, 0.4) is 0 Å². The van der Waals surface area contributed by atoms with Crippen LogP contribution in [0.5, 0.6) is 0 Å². The van der Waals surface area contributed by atoms with Crippen LogP contribution in [0.1, 0.15) is 45.6 Å². The molecule has 1 N–H and O–H groups in total. The van der Waals surface area contributed by atoms with Gasteiger partial charge in [0.25, 0.3) is 0 Å². The van der Waals surface area contributed by atoms with E-state index in [1.807, 2.05) is 30.1 Å². The van der Waals surface area contributed by atoms with E-state index in [0.29, 0.717) is 13.1 Å². The maximum atomic E-state index is 13.0.